The summed E-state index contributed by atoms with van der Waals surface area (Å²) in [5, 5.41) is 13.1. The molecule has 0 aromatic carbocycles. The van der Waals surface area contributed by atoms with Crippen molar-refractivity contribution in [3.63, 3.8) is 0 Å². The van der Waals surface area contributed by atoms with Crippen LogP contribution >= 0.6 is 0 Å². The lowest BCUT2D eigenvalue weighted by molar-refractivity contribution is 0.0785. The fourth-order valence-electron chi connectivity index (χ4n) is 2.29. The van der Waals surface area contributed by atoms with Crippen molar-refractivity contribution in [3.8, 4) is 17.5 Å². The smallest absolute Gasteiger partial charge is 0.285 e. The molecule has 2 aromatic rings. The lowest BCUT2D eigenvalue weighted by Gasteiger charge is -2.21. The van der Waals surface area contributed by atoms with Gasteiger partial charge in [0.25, 0.3) is 11.8 Å². The van der Waals surface area contributed by atoms with Crippen LogP contribution in [0, 0.1) is 11.5 Å². The second-order valence-corrected chi connectivity index (χ2v) is 4.43. The summed E-state index contributed by atoms with van der Waals surface area (Å²) in [6.07, 6.45) is 3.36. The Morgan fingerprint density at radius 1 is 1.38 bits per heavy atom. The number of hydrogen-bond donors (Lipinski definition) is 1. The molecule has 0 spiro atoms. The monoisotopic (exact) mass is 282 g/mol. The summed E-state index contributed by atoms with van der Waals surface area (Å²) in [4.78, 5) is 29.1. The van der Waals surface area contributed by atoms with E-state index >= 15 is 0 Å². The van der Waals surface area contributed by atoms with Gasteiger partial charge in [0.15, 0.2) is 11.9 Å². The van der Waals surface area contributed by atoms with Gasteiger partial charge in [-0.25, -0.2) is 4.90 Å². The Hall–Kier alpha value is -3.21. The molecule has 1 aliphatic heterocycles. The lowest BCUT2D eigenvalue weighted by Crippen LogP contribution is -2.37. The first-order chi connectivity index (χ1) is 10.1. The molecular weight excluding hydrogens is 272 g/mol. The van der Waals surface area contributed by atoms with Crippen LogP contribution in [0.3, 0.4) is 0 Å². The summed E-state index contributed by atoms with van der Waals surface area (Å²) in [7, 11) is 0. The van der Waals surface area contributed by atoms with E-state index in [1.165, 1.54) is 4.68 Å². The molecule has 1 aliphatic rings. The van der Waals surface area contributed by atoms with Crippen molar-refractivity contribution in [1.82, 2.24) is 19.7 Å². The number of amides is 2. The average molecular weight is 282 g/mol. The first-order valence-electron chi connectivity index (χ1n) is 6.17. The predicted molar refractivity (Wildman–Crippen MR) is 70.6 cm³/mol. The molecule has 104 valence electrons. The van der Waals surface area contributed by atoms with E-state index in [4.69, 9.17) is 11.0 Å². The van der Waals surface area contributed by atoms with Crippen LogP contribution in [0.25, 0.3) is 11.3 Å². The van der Waals surface area contributed by atoms with Crippen molar-refractivity contribution in [2.45, 2.75) is 6.54 Å². The highest BCUT2D eigenvalue weighted by Crippen LogP contribution is 2.28. The number of nitriles is 1. The Morgan fingerprint density at radius 2 is 2.19 bits per heavy atom. The quantitative estimate of drug-likeness (QED) is 0.776. The van der Waals surface area contributed by atoms with Gasteiger partial charge in [0.2, 0.25) is 0 Å². The van der Waals surface area contributed by atoms with E-state index in [1.54, 1.807) is 24.4 Å². The third kappa shape index (κ3) is 1.92. The van der Waals surface area contributed by atoms with Crippen LogP contribution in [-0.2, 0) is 6.54 Å². The molecule has 0 radical (unpaired) electrons. The normalized spacial score (nSPS) is 13.7. The molecule has 0 atom stereocenters. The number of pyridine rings is 1. The van der Waals surface area contributed by atoms with E-state index in [0.717, 1.165) is 4.90 Å². The predicted octanol–water partition coefficient (Wildman–Crippen LogP) is -0.0191. The molecule has 2 N–H and O–H groups in total. The highest BCUT2D eigenvalue weighted by Gasteiger charge is 2.33. The molecule has 0 saturated heterocycles. The van der Waals surface area contributed by atoms with Gasteiger partial charge in [-0.3, -0.25) is 19.3 Å². The fraction of sp³-hybridized carbons (Fsp3) is 0.154. The maximum absolute atomic E-state index is 12.3. The molecule has 2 amide bonds. The number of primary amides is 1. The van der Waals surface area contributed by atoms with Crippen LogP contribution < -0.4 is 5.73 Å². The summed E-state index contributed by atoms with van der Waals surface area (Å²) in [6.45, 7) is 0.533. The number of hydrogen-bond acceptors (Lipinski definition) is 5. The number of aromatic nitrogens is 3. The van der Waals surface area contributed by atoms with Gasteiger partial charge in [-0.05, 0) is 12.1 Å². The van der Waals surface area contributed by atoms with Gasteiger partial charge in [-0.15, -0.1) is 0 Å². The minimum atomic E-state index is -0.742. The minimum Gasteiger partial charge on any atom is -0.364 e. The van der Waals surface area contributed by atoms with E-state index < -0.39 is 11.8 Å². The van der Waals surface area contributed by atoms with Crippen molar-refractivity contribution in [3.05, 3.63) is 35.8 Å². The van der Waals surface area contributed by atoms with E-state index in [-0.39, 0.29) is 23.5 Å². The number of carbonyl (C=O) groups is 2. The molecular formula is C13H10N6O2. The van der Waals surface area contributed by atoms with Crippen LogP contribution in [0.4, 0.5) is 0 Å². The molecule has 8 heteroatoms. The Bertz CT molecular complexity index is 774. The fourth-order valence-corrected chi connectivity index (χ4v) is 2.29. The van der Waals surface area contributed by atoms with Crippen LogP contribution in [0.15, 0.2) is 24.4 Å². The molecule has 21 heavy (non-hydrogen) atoms. The standard InChI is InChI=1S/C13H10N6O2/c14-7-18-5-6-19-11(13(18)21)9(10(17-19)12(15)20)8-3-1-2-4-16-8/h1-4H,5-6H2,(H2,15,20). The second kappa shape index (κ2) is 4.72. The number of nitrogens with zero attached hydrogens (tertiary/aromatic N) is 5. The molecule has 8 nitrogen and oxygen atoms in total. The Labute approximate surface area is 119 Å². The van der Waals surface area contributed by atoms with E-state index in [9.17, 15) is 9.59 Å². The first kappa shape index (κ1) is 12.8. The van der Waals surface area contributed by atoms with Gasteiger partial charge in [-0.1, -0.05) is 6.07 Å². The molecule has 3 rings (SSSR count). The molecule has 3 heterocycles. The van der Waals surface area contributed by atoms with Crippen molar-refractivity contribution in [2.24, 2.45) is 5.73 Å². The molecule has 2 aromatic heterocycles. The van der Waals surface area contributed by atoms with Crippen LogP contribution in [-0.4, -0.2) is 38.0 Å². The van der Waals surface area contributed by atoms with Gasteiger partial charge < -0.3 is 5.73 Å². The first-order valence-corrected chi connectivity index (χ1v) is 6.17. The molecule has 0 bridgehead atoms. The summed E-state index contributed by atoms with van der Waals surface area (Å²) in [6, 6.07) is 5.10. The number of rotatable bonds is 2. The average Bonchev–Trinajstić information content (AvgIpc) is 2.89. The molecule has 0 saturated carbocycles. The van der Waals surface area contributed by atoms with E-state index in [1.807, 2.05) is 6.19 Å². The highest BCUT2D eigenvalue weighted by atomic mass is 16.2. The third-order valence-corrected chi connectivity index (χ3v) is 3.21. The van der Waals surface area contributed by atoms with Crippen LogP contribution in [0.1, 0.15) is 21.0 Å². The van der Waals surface area contributed by atoms with Gasteiger partial charge >= 0.3 is 0 Å². The molecule has 0 unspecified atom stereocenters. The third-order valence-electron chi connectivity index (χ3n) is 3.21. The topological polar surface area (TPSA) is 118 Å². The molecule has 0 fully saturated rings. The van der Waals surface area contributed by atoms with Crippen LogP contribution in [0.2, 0.25) is 0 Å². The Balaban J connectivity index is 2.28. The number of carbonyl (C=O) groups excluding carboxylic acids is 2. The highest BCUT2D eigenvalue weighted by molar-refractivity contribution is 6.07. The van der Waals surface area contributed by atoms with E-state index in [0.29, 0.717) is 12.2 Å². The maximum Gasteiger partial charge on any atom is 0.285 e. The molecule has 0 aliphatic carbocycles. The van der Waals surface area contributed by atoms with E-state index in [2.05, 4.69) is 10.1 Å². The largest absolute Gasteiger partial charge is 0.364 e. The summed E-state index contributed by atoms with van der Waals surface area (Å²) < 4.78 is 1.40. The number of fused-ring (bicyclic) bond motifs is 1. The van der Waals surface area contributed by atoms with Crippen molar-refractivity contribution in [2.75, 3.05) is 6.54 Å². The minimum absolute atomic E-state index is 0.0168. The maximum atomic E-state index is 12.3. The zero-order chi connectivity index (χ0) is 15.0. The number of nitrogens with two attached hydrogens (primary N) is 1. The zero-order valence-electron chi connectivity index (χ0n) is 10.9. The Morgan fingerprint density at radius 3 is 2.81 bits per heavy atom. The van der Waals surface area contributed by atoms with Gasteiger partial charge in [0.05, 0.1) is 24.3 Å². The second-order valence-electron chi connectivity index (χ2n) is 4.43. The van der Waals surface area contributed by atoms with Crippen molar-refractivity contribution in [1.29, 1.82) is 5.26 Å². The van der Waals surface area contributed by atoms with Gasteiger partial charge in [-0.2, -0.15) is 10.4 Å². The summed E-state index contributed by atoms with van der Waals surface area (Å²) in [5.41, 5.74) is 6.18. The van der Waals surface area contributed by atoms with Crippen molar-refractivity contribution >= 4 is 11.8 Å². The van der Waals surface area contributed by atoms with Crippen LogP contribution in [0.5, 0.6) is 0 Å². The summed E-state index contributed by atoms with van der Waals surface area (Å²) >= 11 is 0. The van der Waals surface area contributed by atoms with Crippen molar-refractivity contribution < 1.29 is 9.59 Å². The lowest BCUT2D eigenvalue weighted by atomic mass is 10.1. The van der Waals surface area contributed by atoms with Gasteiger partial charge in [0, 0.05) is 6.20 Å². The SMILES string of the molecule is N#CN1CCn2nc(C(N)=O)c(-c3ccccn3)c2C1=O. The zero-order valence-corrected chi connectivity index (χ0v) is 10.9. The van der Waals surface area contributed by atoms with Gasteiger partial charge in [0.1, 0.15) is 5.69 Å². The Kier molecular flexibility index (Phi) is 2.88. The summed E-state index contributed by atoms with van der Waals surface area (Å²) in [5.74, 6) is -1.25.